The van der Waals surface area contributed by atoms with Gasteiger partial charge >= 0.3 is 0 Å². The van der Waals surface area contributed by atoms with Crippen LogP contribution in [0.15, 0.2) is 72.9 Å². The van der Waals surface area contributed by atoms with Crippen LogP contribution in [-0.2, 0) is 16.8 Å². The van der Waals surface area contributed by atoms with Gasteiger partial charge in [0.1, 0.15) is 0 Å². The first kappa shape index (κ1) is 22.8. The van der Waals surface area contributed by atoms with Crippen molar-refractivity contribution < 1.29 is 4.79 Å². The number of carbonyl (C=O) groups is 1. The molecule has 1 aliphatic heterocycles. The molecule has 0 spiro atoms. The van der Waals surface area contributed by atoms with Crippen LogP contribution in [0.1, 0.15) is 30.5 Å². The van der Waals surface area contributed by atoms with Crippen LogP contribution in [-0.4, -0.2) is 76.7 Å². The summed E-state index contributed by atoms with van der Waals surface area (Å²) < 4.78 is 1.96. The molecule has 178 valence electrons. The van der Waals surface area contributed by atoms with E-state index in [4.69, 9.17) is 0 Å². The van der Waals surface area contributed by atoms with E-state index < -0.39 is 0 Å². The van der Waals surface area contributed by atoms with Gasteiger partial charge in [0.2, 0.25) is 5.91 Å². The molecule has 3 aromatic rings. The van der Waals surface area contributed by atoms with Crippen LogP contribution >= 0.6 is 0 Å². The summed E-state index contributed by atoms with van der Waals surface area (Å²) in [6.07, 6.45) is 4.69. The zero-order valence-electron chi connectivity index (χ0n) is 20.1. The van der Waals surface area contributed by atoms with Crippen LogP contribution in [0.4, 0.5) is 0 Å². The minimum atomic E-state index is -0.354. The van der Waals surface area contributed by atoms with Crippen molar-refractivity contribution in [1.29, 1.82) is 0 Å². The van der Waals surface area contributed by atoms with Gasteiger partial charge in [-0.2, -0.15) is 5.10 Å². The maximum absolute atomic E-state index is 14.0. The molecule has 1 saturated heterocycles. The molecule has 6 heteroatoms. The van der Waals surface area contributed by atoms with Gasteiger partial charge in [0.15, 0.2) is 0 Å². The van der Waals surface area contributed by atoms with Crippen molar-refractivity contribution in [3.8, 4) is 5.69 Å². The van der Waals surface area contributed by atoms with E-state index in [1.54, 1.807) is 0 Å². The van der Waals surface area contributed by atoms with E-state index >= 15 is 0 Å². The second kappa shape index (κ2) is 10.1. The van der Waals surface area contributed by atoms with Gasteiger partial charge in [0.05, 0.1) is 23.3 Å². The van der Waals surface area contributed by atoms with Crippen molar-refractivity contribution in [2.75, 3.05) is 46.3 Å². The Morgan fingerprint density at radius 2 is 1.62 bits per heavy atom. The molecular formula is C28H35N5O. The fourth-order valence-corrected chi connectivity index (χ4v) is 5.07. The lowest BCUT2D eigenvalue weighted by atomic mass is 9.94. The summed E-state index contributed by atoms with van der Waals surface area (Å²) in [5.74, 6) is 0.262. The third-order valence-electron chi connectivity index (χ3n) is 7.35. The van der Waals surface area contributed by atoms with Crippen molar-refractivity contribution in [3.63, 3.8) is 0 Å². The Labute approximate surface area is 202 Å². The van der Waals surface area contributed by atoms with Crippen LogP contribution in [0.2, 0.25) is 0 Å². The number of rotatable bonds is 9. The van der Waals surface area contributed by atoms with E-state index in [-0.39, 0.29) is 11.3 Å². The number of nitrogens with zero attached hydrogens (tertiary/aromatic N) is 5. The predicted molar refractivity (Wildman–Crippen MR) is 135 cm³/mol. The van der Waals surface area contributed by atoms with Gasteiger partial charge in [-0.05, 0) is 56.6 Å². The molecule has 2 fully saturated rings. The van der Waals surface area contributed by atoms with Crippen LogP contribution in [0.3, 0.4) is 0 Å². The molecule has 5 rings (SSSR count). The van der Waals surface area contributed by atoms with Crippen molar-refractivity contribution >= 4 is 5.91 Å². The predicted octanol–water partition coefficient (Wildman–Crippen LogP) is 3.57. The highest BCUT2D eigenvalue weighted by Gasteiger charge is 2.52. The molecule has 2 aromatic carbocycles. The maximum atomic E-state index is 14.0. The summed E-state index contributed by atoms with van der Waals surface area (Å²) >= 11 is 0. The first-order valence-corrected chi connectivity index (χ1v) is 12.5. The fourth-order valence-electron chi connectivity index (χ4n) is 5.07. The summed E-state index contributed by atoms with van der Waals surface area (Å²) in [7, 11) is 2.19. The Morgan fingerprint density at radius 1 is 0.941 bits per heavy atom. The minimum Gasteiger partial charge on any atom is -0.336 e. The van der Waals surface area contributed by atoms with E-state index in [0.717, 1.165) is 75.5 Å². The molecule has 0 unspecified atom stereocenters. The van der Waals surface area contributed by atoms with Crippen molar-refractivity contribution in [2.45, 2.75) is 31.2 Å². The number of hydrogen-bond acceptors (Lipinski definition) is 4. The average Bonchev–Trinajstić information content (AvgIpc) is 3.57. The molecule has 0 atom stereocenters. The molecule has 2 aliphatic rings. The molecule has 0 radical (unpaired) electrons. The van der Waals surface area contributed by atoms with Gasteiger partial charge < -0.3 is 14.7 Å². The Balaban J connectivity index is 1.34. The van der Waals surface area contributed by atoms with Gasteiger partial charge in [-0.1, -0.05) is 48.5 Å². The highest BCUT2D eigenvalue weighted by molar-refractivity contribution is 5.91. The van der Waals surface area contributed by atoms with E-state index in [1.807, 2.05) is 53.3 Å². The number of likely N-dealkylation sites (N-methyl/N-ethyl adjacent to an activating group) is 1. The number of piperazine rings is 1. The number of amides is 1. The number of hydrogen-bond donors (Lipinski definition) is 0. The molecule has 6 nitrogen and oxygen atoms in total. The Bertz CT molecular complexity index is 1070. The molecule has 1 amide bonds. The zero-order chi connectivity index (χ0) is 23.4. The number of benzene rings is 2. The maximum Gasteiger partial charge on any atom is 0.233 e. The Kier molecular flexibility index (Phi) is 6.79. The molecular weight excluding hydrogens is 422 g/mol. The van der Waals surface area contributed by atoms with Gasteiger partial charge in [0.25, 0.3) is 0 Å². The second-order valence-corrected chi connectivity index (χ2v) is 9.74. The van der Waals surface area contributed by atoms with Gasteiger partial charge in [-0.3, -0.25) is 4.79 Å². The highest BCUT2D eigenvalue weighted by atomic mass is 16.2. The molecule has 0 bridgehead atoms. The molecule has 1 aromatic heterocycles. The zero-order valence-corrected chi connectivity index (χ0v) is 20.1. The SMILES string of the molecule is CN1CCN(CCCN(Cc2ccnn2-c2ccccc2)C(=O)C2(c3ccccc3)CC2)CC1. The number of para-hydroxylation sites is 1. The topological polar surface area (TPSA) is 44.6 Å². The minimum absolute atomic E-state index is 0.262. The van der Waals surface area contributed by atoms with E-state index in [9.17, 15) is 4.79 Å². The number of carbonyl (C=O) groups excluding carboxylic acids is 1. The lowest BCUT2D eigenvalue weighted by molar-refractivity contribution is -0.134. The largest absolute Gasteiger partial charge is 0.336 e. The molecule has 1 saturated carbocycles. The van der Waals surface area contributed by atoms with Crippen LogP contribution < -0.4 is 0 Å². The van der Waals surface area contributed by atoms with E-state index in [1.165, 1.54) is 0 Å². The summed E-state index contributed by atoms with van der Waals surface area (Å²) in [5, 5.41) is 4.56. The number of aromatic nitrogens is 2. The Hall–Kier alpha value is -2.96. The molecule has 0 N–H and O–H groups in total. The monoisotopic (exact) mass is 457 g/mol. The average molecular weight is 458 g/mol. The summed E-state index contributed by atoms with van der Waals surface area (Å²) in [6.45, 7) is 6.84. The molecule has 2 heterocycles. The normalized spacial score (nSPS) is 18.0. The van der Waals surface area contributed by atoms with Crippen LogP contribution in [0.25, 0.3) is 5.69 Å². The van der Waals surface area contributed by atoms with Gasteiger partial charge in [0, 0.05) is 38.9 Å². The van der Waals surface area contributed by atoms with Gasteiger partial charge in [-0.25, -0.2) is 4.68 Å². The summed E-state index contributed by atoms with van der Waals surface area (Å²) in [4.78, 5) is 21.0. The third-order valence-corrected chi connectivity index (χ3v) is 7.35. The van der Waals surface area contributed by atoms with Crippen LogP contribution in [0, 0.1) is 0 Å². The first-order chi connectivity index (χ1) is 16.7. The molecule has 1 aliphatic carbocycles. The standard InChI is InChI=1S/C28H35N5O/c1-30-19-21-31(22-20-30)17-8-18-32(27(34)28(14-15-28)24-9-4-2-5-10-24)23-26-13-16-29-33(26)25-11-6-3-7-12-25/h2-7,9-13,16H,8,14-15,17-23H2,1H3. The summed E-state index contributed by atoms with van der Waals surface area (Å²) in [6, 6.07) is 22.6. The third kappa shape index (κ3) is 4.93. The molecule has 34 heavy (non-hydrogen) atoms. The van der Waals surface area contributed by atoms with E-state index in [2.05, 4.69) is 51.1 Å². The van der Waals surface area contributed by atoms with Gasteiger partial charge in [-0.15, -0.1) is 0 Å². The fraction of sp³-hybridized carbons (Fsp3) is 0.429. The van der Waals surface area contributed by atoms with Crippen molar-refractivity contribution in [3.05, 3.63) is 84.2 Å². The smallest absolute Gasteiger partial charge is 0.233 e. The quantitative estimate of drug-likeness (QED) is 0.493. The lowest BCUT2D eigenvalue weighted by Gasteiger charge is -2.33. The highest BCUT2D eigenvalue weighted by Crippen LogP contribution is 2.49. The van der Waals surface area contributed by atoms with Crippen molar-refractivity contribution in [1.82, 2.24) is 24.5 Å². The lowest BCUT2D eigenvalue weighted by Crippen LogP contribution is -2.46. The second-order valence-electron chi connectivity index (χ2n) is 9.74. The van der Waals surface area contributed by atoms with Crippen molar-refractivity contribution in [2.24, 2.45) is 0 Å². The van der Waals surface area contributed by atoms with Crippen LogP contribution in [0.5, 0.6) is 0 Å². The first-order valence-electron chi connectivity index (χ1n) is 12.5. The Morgan fingerprint density at radius 3 is 2.29 bits per heavy atom. The van der Waals surface area contributed by atoms with E-state index in [0.29, 0.717) is 6.54 Å². The summed E-state index contributed by atoms with van der Waals surface area (Å²) in [5.41, 5.74) is 2.87.